The van der Waals surface area contributed by atoms with Crippen LogP contribution < -0.4 is 15.4 Å². The van der Waals surface area contributed by atoms with E-state index >= 15 is 0 Å². The van der Waals surface area contributed by atoms with Gasteiger partial charge in [-0.3, -0.25) is 34.2 Å². The quantitative estimate of drug-likeness (QED) is 0.0612. The van der Waals surface area contributed by atoms with Gasteiger partial charge in [0.1, 0.15) is 24.5 Å². The van der Waals surface area contributed by atoms with Crippen molar-refractivity contribution in [1.29, 1.82) is 0 Å². The number of allylic oxidation sites excluding steroid dienone is 1. The number of amides is 5. The number of likely N-dealkylation sites (N-methyl/N-ethyl adjacent to an activating group) is 1. The van der Waals surface area contributed by atoms with Gasteiger partial charge in [0.05, 0.1) is 24.3 Å². The third-order valence-corrected chi connectivity index (χ3v) is 9.84. The number of hydrogen-bond donors (Lipinski definition) is 2. The molecule has 11 nitrogen and oxygen atoms in total. The molecule has 55 heavy (non-hydrogen) atoms. The van der Waals surface area contributed by atoms with Crippen LogP contribution in [0.25, 0.3) is 11.1 Å². The zero-order valence-corrected chi connectivity index (χ0v) is 31.5. The second kappa shape index (κ2) is 18.0. The summed E-state index contributed by atoms with van der Waals surface area (Å²) in [6, 6.07) is 32.3. The van der Waals surface area contributed by atoms with E-state index in [0.717, 1.165) is 32.7 Å². The van der Waals surface area contributed by atoms with Crippen molar-refractivity contribution in [3.63, 3.8) is 0 Å². The maximum atomic E-state index is 13.3. The third kappa shape index (κ3) is 8.96. The van der Waals surface area contributed by atoms with Gasteiger partial charge < -0.3 is 19.7 Å². The van der Waals surface area contributed by atoms with E-state index in [1.54, 1.807) is 31.0 Å². The molecule has 1 fully saturated rings. The Morgan fingerprint density at radius 3 is 2.22 bits per heavy atom. The topological polar surface area (TPSA) is 134 Å². The Hall–Kier alpha value is -5.78. The normalized spacial score (nSPS) is 16.3. The molecule has 4 aromatic carbocycles. The Morgan fingerprint density at radius 2 is 1.55 bits per heavy atom. The van der Waals surface area contributed by atoms with E-state index in [1.165, 1.54) is 6.07 Å². The Kier molecular flexibility index (Phi) is 12.8. The highest BCUT2D eigenvalue weighted by atomic mass is 35.5. The van der Waals surface area contributed by atoms with Gasteiger partial charge >= 0.3 is 0 Å². The molecule has 2 aliphatic heterocycles. The van der Waals surface area contributed by atoms with Gasteiger partial charge in [0.15, 0.2) is 0 Å². The van der Waals surface area contributed by atoms with Crippen LogP contribution in [0.1, 0.15) is 63.6 Å². The predicted octanol–water partition coefficient (Wildman–Crippen LogP) is 6.03. The first kappa shape index (κ1) is 38.9. The van der Waals surface area contributed by atoms with E-state index in [1.807, 2.05) is 60.7 Å². The summed E-state index contributed by atoms with van der Waals surface area (Å²) in [6.45, 7) is 2.68. The van der Waals surface area contributed by atoms with E-state index < -0.39 is 35.8 Å². The Balaban J connectivity index is 0.994. The SMILES string of the molecule is CC(OCCNc1cccc2c1C(=O)N(C1CCC(=O)NC1=O)C2=O)C(=O)N(C)CCOc1ccc(/C(=C(/CCCl)c2ccccc2)c2ccccc2)cc1. The van der Waals surface area contributed by atoms with Crippen LogP contribution in [-0.4, -0.2) is 90.7 Å². The van der Waals surface area contributed by atoms with Gasteiger partial charge in [-0.1, -0.05) is 78.9 Å². The predicted molar refractivity (Wildman–Crippen MR) is 211 cm³/mol. The van der Waals surface area contributed by atoms with E-state index in [4.69, 9.17) is 21.1 Å². The molecule has 2 unspecified atom stereocenters. The van der Waals surface area contributed by atoms with Crippen molar-refractivity contribution in [3.8, 4) is 5.75 Å². The molecule has 0 aromatic heterocycles. The number of alkyl halides is 1. The number of hydrogen-bond acceptors (Lipinski definition) is 8. The smallest absolute Gasteiger partial charge is 0.264 e. The molecule has 0 spiro atoms. The molecule has 2 N–H and O–H groups in total. The third-order valence-electron chi connectivity index (χ3n) is 9.65. The average molecular weight is 763 g/mol. The van der Waals surface area contributed by atoms with Crippen LogP contribution in [0.2, 0.25) is 0 Å². The molecule has 0 bridgehead atoms. The Bertz CT molecular complexity index is 2070. The number of anilines is 1. The fourth-order valence-corrected chi connectivity index (χ4v) is 7.05. The highest BCUT2D eigenvalue weighted by Crippen LogP contribution is 2.36. The minimum absolute atomic E-state index is 0.0418. The first-order chi connectivity index (χ1) is 26.7. The number of piperidine rings is 1. The summed E-state index contributed by atoms with van der Waals surface area (Å²) in [7, 11) is 1.69. The number of carbonyl (C=O) groups is 5. The van der Waals surface area contributed by atoms with E-state index in [9.17, 15) is 24.0 Å². The summed E-state index contributed by atoms with van der Waals surface area (Å²) in [5.74, 6) is -1.33. The lowest BCUT2D eigenvalue weighted by molar-refractivity contribution is -0.141. The molecule has 1 saturated heterocycles. The number of carbonyl (C=O) groups excluding carboxylic acids is 5. The van der Waals surface area contributed by atoms with Crippen molar-refractivity contribution in [3.05, 3.63) is 131 Å². The standard InChI is InChI=1S/C43H43ClN4O7/c1-28(54-26-24-45-35-15-9-14-34-39(35)43(53)48(42(34)52)36-20-21-37(49)46-40(36)50)41(51)47(2)25-27-55-32-18-16-31(17-19-32)38(30-12-7-4-8-13-30)33(22-23-44)29-10-5-3-6-11-29/h3-19,28,36,45H,20-27H2,1-2H3,(H,46,49,50)/b38-33-. The molecule has 6 rings (SSSR count). The van der Waals surface area contributed by atoms with Gasteiger partial charge in [0.25, 0.3) is 17.7 Å². The van der Waals surface area contributed by atoms with Crippen LogP contribution in [0.15, 0.2) is 103 Å². The van der Waals surface area contributed by atoms with Crippen LogP contribution in [-0.2, 0) is 19.1 Å². The molecule has 5 amide bonds. The molecule has 2 atom stereocenters. The van der Waals surface area contributed by atoms with Gasteiger partial charge in [0.2, 0.25) is 11.8 Å². The lowest BCUT2D eigenvalue weighted by atomic mass is 9.88. The maximum Gasteiger partial charge on any atom is 0.264 e. The van der Waals surface area contributed by atoms with Crippen LogP contribution in [0, 0.1) is 0 Å². The van der Waals surface area contributed by atoms with Crippen LogP contribution in [0.4, 0.5) is 5.69 Å². The average Bonchev–Trinajstić information content (AvgIpc) is 3.46. The molecule has 0 saturated carbocycles. The van der Waals surface area contributed by atoms with Gasteiger partial charge in [0, 0.05) is 31.6 Å². The highest BCUT2D eigenvalue weighted by molar-refractivity contribution is 6.25. The number of imide groups is 2. The van der Waals surface area contributed by atoms with Crippen molar-refractivity contribution in [1.82, 2.24) is 15.1 Å². The van der Waals surface area contributed by atoms with Gasteiger partial charge in [-0.15, -0.1) is 11.6 Å². The van der Waals surface area contributed by atoms with Crippen molar-refractivity contribution in [2.24, 2.45) is 0 Å². The highest BCUT2D eigenvalue weighted by Gasteiger charge is 2.45. The summed E-state index contributed by atoms with van der Waals surface area (Å²) in [5, 5.41) is 5.32. The molecule has 12 heteroatoms. The van der Waals surface area contributed by atoms with E-state index in [-0.39, 0.29) is 49.6 Å². The van der Waals surface area contributed by atoms with Crippen LogP contribution in [0.5, 0.6) is 5.75 Å². The Labute approximate surface area is 325 Å². The monoisotopic (exact) mass is 762 g/mol. The lowest BCUT2D eigenvalue weighted by Gasteiger charge is -2.27. The van der Waals surface area contributed by atoms with Crippen molar-refractivity contribution >= 4 is 58.0 Å². The second-order valence-corrected chi connectivity index (χ2v) is 13.7. The van der Waals surface area contributed by atoms with Gasteiger partial charge in [-0.05, 0) is 71.9 Å². The summed E-state index contributed by atoms with van der Waals surface area (Å²) in [4.78, 5) is 66.0. The first-order valence-corrected chi connectivity index (χ1v) is 18.8. The molecule has 0 aliphatic carbocycles. The number of rotatable bonds is 16. The zero-order valence-electron chi connectivity index (χ0n) is 30.8. The molecule has 284 valence electrons. The lowest BCUT2D eigenvalue weighted by Crippen LogP contribution is -2.54. The van der Waals surface area contributed by atoms with Crippen molar-refractivity contribution in [2.75, 3.05) is 44.5 Å². The fraction of sp³-hybridized carbons (Fsp3) is 0.279. The minimum atomic E-state index is -1.05. The first-order valence-electron chi connectivity index (χ1n) is 18.3. The van der Waals surface area contributed by atoms with E-state index in [2.05, 4.69) is 34.9 Å². The van der Waals surface area contributed by atoms with Crippen LogP contribution >= 0.6 is 11.6 Å². The summed E-state index contributed by atoms with van der Waals surface area (Å²) >= 11 is 6.30. The number of halogens is 1. The largest absolute Gasteiger partial charge is 0.492 e. The summed E-state index contributed by atoms with van der Waals surface area (Å²) in [6.07, 6.45) is 0.0819. The Morgan fingerprint density at radius 1 is 0.873 bits per heavy atom. The molecule has 0 radical (unpaired) electrons. The van der Waals surface area contributed by atoms with Crippen LogP contribution in [0.3, 0.4) is 0 Å². The molecular weight excluding hydrogens is 720 g/mol. The molecule has 2 aliphatic rings. The maximum absolute atomic E-state index is 13.3. The second-order valence-electron chi connectivity index (χ2n) is 13.3. The molecule has 4 aromatic rings. The van der Waals surface area contributed by atoms with Gasteiger partial charge in [-0.25, -0.2) is 0 Å². The fourth-order valence-electron chi connectivity index (χ4n) is 6.86. The van der Waals surface area contributed by atoms with Gasteiger partial charge in [-0.2, -0.15) is 0 Å². The minimum Gasteiger partial charge on any atom is -0.492 e. The number of nitrogens with zero attached hydrogens (tertiary/aromatic N) is 2. The number of nitrogens with one attached hydrogen (secondary N) is 2. The number of benzene rings is 4. The van der Waals surface area contributed by atoms with E-state index in [0.29, 0.717) is 30.3 Å². The van der Waals surface area contributed by atoms with Crippen molar-refractivity contribution in [2.45, 2.75) is 38.3 Å². The molecule has 2 heterocycles. The number of ether oxygens (including phenoxy) is 2. The number of fused-ring (bicyclic) bond motifs is 1. The summed E-state index contributed by atoms with van der Waals surface area (Å²) < 4.78 is 11.8. The molecular formula is C43H43ClN4O7. The summed E-state index contributed by atoms with van der Waals surface area (Å²) in [5.41, 5.74) is 6.29. The van der Waals surface area contributed by atoms with Crippen molar-refractivity contribution < 1.29 is 33.4 Å². The zero-order chi connectivity index (χ0) is 38.9.